The highest BCUT2D eigenvalue weighted by molar-refractivity contribution is 6.10. The number of hydrogen-bond donors (Lipinski definition) is 9. The van der Waals surface area contributed by atoms with Crippen LogP contribution in [0.15, 0.2) is 103 Å². The zero-order chi connectivity index (χ0) is 45.2. The highest BCUT2D eigenvalue weighted by Gasteiger charge is 2.26. The van der Waals surface area contributed by atoms with E-state index in [0.717, 1.165) is 13.2 Å². The molecule has 318 valence electrons. The van der Waals surface area contributed by atoms with Gasteiger partial charge < -0.3 is 51.4 Å². The molecule has 0 fully saturated rings. The number of carboxylic acids is 1. The van der Waals surface area contributed by atoms with Gasteiger partial charge in [-0.2, -0.15) is 15.4 Å². The second kappa shape index (κ2) is 19.3. The molecule has 0 saturated carbocycles. The molecule has 19 heteroatoms. The minimum Gasteiger partial charge on any atom is -0.504 e. The number of methoxy groups -OCH3 is 2. The van der Waals surface area contributed by atoms with Crippen molar-refractivity contribution in [2.75, 3.05) is 35.5 Å². The van der Waals surface area contributed by atoms with Gasteiger partial charge in [-0.05, 0) is 97.1 Å². The fourth-order valence-electron chi connectivity index (χ4n) is 6.04. The zero-order valence-electron chi connectivity index (χ0n) is 33.2. The third-order valence-electron chi connectivity index (χ3n) is 9.28. The van der Waals surface area contributed by atoms with Crippen molar-refractivity contribution in [2.45, 2.75) is 12.5 Å². The number of aromatic amines is 1. The van der Waals surface area contributed by atoms with Gasteiger partial charge in [-0.1, -0.05) is 5.92 Å². The second-order valence-corrected chi connectivity index (χ2v) is 13.3. The zero-order valence-corrected chi connectivity index (χ0v) is 33.2. The van der Waals surface area contributed by atoms with Gasteiger partial charge in [0, 0.05) is 40.0 Å². The summed E-state index contributed by atoms with van der Waals surface area (Å²) in [6, 6.07) is 21.9. The Hall–Kier alpha value is -9.18. The molecule has 0 bridgehead atoms. The van der Waals surface area contributed by atoms with E-state index in [4.69, 9.17) is 15.9 Å². The number of carbonyl (C=O) groups excluding carboxylic acids is 5. The Bertz CT molecular complexity index is 2750. The normalized spacial score (nSPS) is 10.9. The number of benzene rings is 5. The van der Waals surface area contributed by atoms with E-state index in [2.05, 4.69) is 47.9 Å². The molecule has 6 rings (SSSR count). The van der Waals surface area contributed by atoms with Crippen molar-refractivity contribution in [1.82, 2.24) is 20.7 Å². The van der Waals surface area contributed by atoms with Crippen molar-refractivity contribution in [1.29, 1.82) is 0 Å². The van der Waals surface area contributed by atoms with E-state index in [9.17, 15) is 44.1 Å². The number of phenols is 2. The lowest BCUT2D eigenvalue weighted by Gasteiger charge is -2.18. The lowest BCUT2D eigenvalue weighted by atomic mass is 10.1. The molecule has 0 unspecified atom stereocenters. The van der Waals surface area contributed by atoms with Crippen LogP contribution >= 0.6 is 0 Å². The maximum atomic E-state index is 13.6. The van der Waals surface area contributed by atoms with Crippen LogP contribution in [0, 0.1) is 12.3 Å². The summed E-state index contributed by atoms with van der Waals surface area (Å²) in [6.07, 6.45) is 6.75. The molecule has 0 aliphatic carbocycles. The minimum atomic E-state index is -1.42. The van der Waals surface area contributed by atoms with Crippen LogP contribution in [0.25, 0.3) is 0 Å². The standard InChI is InChI=1S/C44H36N8O11/c1-4-23-5-7-24(8-6-23)39(55)46-27-13-9-26(10-14-27)41(57)50-34(21-29-22-45-52-51-29)43(59)47-28-15-11-25(12-16-28)40(56)48-32-19-17-30(35(53)37(32)62-2)42(58)49-33-20-18-31(44(60)61)36(54)38(33)63-3/h1,5-20,22,34,53-54H,21H2,2-3H3,(H,46,55)(H,47,59)(H,48,56)(H,49,58)(H,50,57)(H,60,61)(H,45,51,52)/t34-/m0/s1. The molecule has 1 atom stereocenters. The third-order valence-corrected chi connectivity index (χ3v) is 9.28. The lowest BCUT2D eigenvalue weighted by Crippen LogP contribution is -2.45. The first-order valence-corrected chi connectivity index (χ1v) is 18.5. The Morgan fingerprint density at radius 3 is 1.67 bits per heavy atom. The molecular weight excluding hydrogens is 817 g/mol. The summed E-state index contributed by atoms with van der Waals surface area (Å²) in [7, 11) is 2.37. The Morgan fingerprint density at radius 2 is 1.14 bits per heavy atom. The number of nitrogens with one attached hydrogen (secondary N) is 6. The van der Waals surface area contributed by atoms with E-state index < -0.39 is 52.7 Å². The molecular formula is C44H36N8O11. The minimum absolute atomic E-state index is 0.00681. The average molecular weight is 853 g/mol. The number of ether oxygens (including phenoxy) is 2. The van der Waals surface area contributed by atoms with Crippen LogP contribution in [-0.4, -0.2) is 86.5 Å². The van der Waals surface area contributed by atoms with Gasteiger partial charge in [-0.25, -0.2) is 4.79 Å². The number of phenolic OH excluding ortho intramolecular Hbond substituents is 1. The summed E-state index contributed by atoms with van der Waals surface area (Å²) in [5, 5.41) is 54.0. The summed E-state index contributed by atoms with van der Waals surface area (Å²) in [4.78, 5) is 77.4. The largest absolute Gasteiger partial charge is 0.504 e. The van der Waals surface area contributed by atoms with Crippen LogP contribution in [0.2, 0.25) is 0 Å². The predicted octanol–water partition coefficient (Wildman–Crippen LogP) is 4.65. The lowest BCUT2D eigenvalue weighted by molar-refractivity contribution is -0.118. The van der Waals surface area contributed by atoms with E-state index in [1.165, 1.54) is 67.9 Å². The number of nitrogens with zero attached hydrogens (tertiary/aromatic N) is 2. The summed E-state index contributed by atoms with van der Waals surface area (Å²) in [6.45, 7) is 0. The highest BCUT2D eigenvalue weighted by Crippen LogP contribution is 2.40. The predicted molar refractivity (Wildman–Crippen MR) is 227 cm³/mol. The SMILES string of the molecule is C#Cc1ccc(C(=O)Nc2ccc(C(=O)N[C@@H](Cc3cn[nH]n3)C(=O)Nc3ccc(C(=O)Nc4ccc(C(=O)Nc5ccc(C(=O)O)c(O)c5OC)c(O)c4OC)cc3)cc2)cc1. The highest BCUT2D eigenvalue weighted by atomic mass is 16.5. The van der Waals surface area contributed by atoms with Gasteiger partial charge in [-0.15, -0.1) is 6.42 Å². The van der Waals surface area contributed by atoms with Crippen LogP contribution < -0.4 is 36.1 Å². The maximum Gasteiger partial charge on any atom is 0.339 e. The van der Waals surface area contributed by atoms with Gasteiger partial charge in [-0.3, -0.25) is 24.0 Å². The van der Waals surface area contributed by atoms with E-state index in [-0.39, 0.29) is 57.6 Å². The van der Waals surface area contributed by atoms with Gasteiger partial charge in [0.05, 0.1) is 43.0 Å². The van der Waals surface area contributed by atoms with Crippen LogP contribution in [0.1, 0.15) is 63.0 Å². The molecule has 0 aliphatic heterocycles. The van der Waals surface area contributed by atoms with E-state index in [1.54, 1.807) is 36.4 Å². The Kier molecular flexibility index (Phi) is 13.3. The number of carbonyl (C=O) groups is 6. The number of anilines is 4. The fourth-order valence-corrected chi connectivity index (χ4v) is 6.04. The average Bonchev–Trinajstić information content (AvgIpc) is 3.80. The molecule has 5 amide bonds. The fraction of sp³-hybridized carbons (Fsp3) is 0.0909. The van der Waals surface area contributed by atoms with Gasteiger partial charge in [0.1, 0.15) is 11.6 Å². The molecule has 1 heterocycles. The topological polar surface area (TPSA) is 283 Å². The van der Waals surface area contributed by atoms with E-state index in [1.807, 2.05) is 0 Å². The van der Waals surface area contributed by atoms with Gasteiger partial charge in [0.15, 0.2) is 23.0 Å². The number of aromatic nitrogens is 3. The van der Waals surface area contributed by atoms with Crippen molar-refractivity contribution < 1.29 is 53.6 Å². The first-order valence-electron chi connectivity index (χ1n) is 18.5. The molecule has 6 aromatic rings. The number of rotatable bonds is 15. The molecule has 5 aromatic carbocycles. The molecule has 9 N–H and O–H groups in total. The van der Waals surface area contributed by atoms with Gasteiger partial charge >= 0.3 is 5.97 Å². The molecule has 63 heavy (non-hydrogen) atoms. The second-order valence-electron chi connectivity index (χ2n) is 13.3. The third kappa shape index (κ3) is 10.2. The number of amides is 5. The number of terminal acetylenes is 1. The summed E-state index contributed by atoms with van der Waals surface area (Å²) < 4.78 is 10.4. The number of aromatic hydroxyl groups is 2. The quantitative estimate of drug-likeness (QED) is 0.0637. The Balaban J connectivity index is 1.09. The smallest absolute Gasteiger partial charge is 0.339 e. The van der Waals surface area contributed by atoms with E-state index >= 15 is 0 Å². The van der Waals surface area contributed by atoms with Crippen molar-refractivity contribution in [3.8, 4) is 35.3 Å². The van der Waals surface area contributed by atoms with Crippen LogP contribution in [0.4, 0.5) is 22.7 Å². The van der Waals surface area contributed by atoms with Gasteiger partial charge in [0.25, 0.3) is 23.6 Å². The Labute approximate surface area is 357 Å². The van der Waals surface area contributed by atoms with Crippen LogP contribution in [0.3, 0.4) is 0 Å². The number of aromatic carboxylic acids is 1. The number of H-pyrrole nitrogens is 1. The monoisotopic (exact) mass is 852 g/mol. The molecule has 0 spiro atoms. The molecule has 0 radical (unpaired) electrons. The summed E-state index contributed by atoms with van der Waals surface area (Å²) in [5.74, 6) is -3.99. The van der Waals surface area contributed by atoms with Crippen molar-refractivity contribution in [3.63, 3.8) is 0 Å². The van der Waals surface area contributed by atoms with Crippen molar-refractivity contribution >= 4 is 58.3 Å². The van der Waals surface area contributed by atoms with Crippen LogP contribution in [0.5, 0.6) is 23.0 Å². The first-order chi connectivity index (χ1) is 30.3. The van der Waals surface area contributed by atoms with Crippen molar-refractivity contribution in [3.05, 3.63) is 142 Å². The number of hydrogen-bond acceptors (Lipinski definition) is 12. The summed E-state index contributed by atoms with van der Waals surface area (Å²) in [5.41, 5.74) is 1.59. The molecule has 19 nitrogen and oxygen atoms in total. The number of carboxylic acid groups (broad SMARTS) is 1. The summed E-state index contributed by atoms with van der Waals surface area (Å²) >= 11 is 0. The first kappa shape index (κ1) is 43.4. The molecule has 0 saturated heterocycles. The molecule has 0 aliphatic rings. The Morgan fingerprint density at radius 1 is 0.651 bits per heavy atom. The maximum absolute atomic E-state index is 13.6. The van der Waals surface area contributed by atoms with Crippen LogP contribution in [-0.2, 0) is 11.2 Å². The van der Waals surface area contributed by atoms with Crippen molar-refractivity contribution in [2.24, 2.45) is 0 Å². The molecule has 1 aromatic heterocycles. The van der Waals surface area contributed by atoms with Gasteiger partial charge in [0.2, 0.25) is 5.91 Å². The van der Waals surface area contributed by atoms with E-state index in [0.29, 0.717) is 22.5 Å².